The van der Waals surface area contributed by atoms with Crippen LogP contribution in [-0.2, 0) is 17.9 Å². The molecule has 0 aliphatic heterocycles. The van der Waals surface area contributed by atoms with Crippen LogP contribution in [0.5, 0.6) is 0 Å². The molecule has 0 radical (unpaired) electrons. The van der Waals surface area contributed by atoms with Crippen molar-refractivity contribution in [2.24, 2.45) is 0 Å². The first-order valence-electron chi connectivity index (χ1n) is 4.16. The Bertz CT molecular complexity index is 303. The van der Waals surface area contributed by atoms with Crippen LogP contribution in [0.25, 0.3) is 0 Å². The van der Waals surface area contributed by atoms with Crippen molar-refractivity contribution in [1.82, 2.24) is 15.1 Å². The summed E-state index contributed by atoms with van der Waals surface area (Å²) in [5.41, 5.74) is 0.830. The third-order valence-electron chi connectivity index (χ3n) is 1.61. The number of nitrogens with zero attached hydrogens (tertiary/aromatic N) is 2. The highest BCUT2D eigenvalue weighted by molar-refractivity contribution is 6.27. The van der Waals surface area contributed by atoms with Gasteiger partial charge in [-0.1, -0.05) is 0 Å². The molecule has 0 aromatic carbocycles. The molecule has 0 bridgehead atoms. The molecule has 14 heavy (non-hydrogen) atoms. The lowest BCUT2D eigenvalue weighted by molar-refractivity contribution is -0.118. The first-order chi connectivity index (χ1) is 6.76. The van der Waals surface area contributed by atoms with E-state index in [4.69, 9.17) is 11.6 Å². The molecular formula is C8H11ClFN3O. The summed E-state index contributed by atoms with van der Waals surface area (Å²) in [5.74, 6) is -0.288. The molecule has 0 aliphatic rings. The molecule has 0 saturated heterocycles. The summed E-state index contributed by atoms with van der Waals surface area (Å²) in [6.45, 7) is 0.163. The molecule has 6 heteroatoms. The van der Waals surface area contributed by atoms with Crippen molar-refractivity contribution in [2.75, 3.05) is 12.6 Å². The number of carbonyl (C=O) groups excluding carboxylic acids is 1. The average Bonchev–Trinajstić information content (AvgIpc) is 2.63. The van der Waals surface area contributed by atoms with Crippen molar-refractivity contribution < 1.29 is 9.18 Å². The van der Waals surface area contributed by atoms with Crippen LogP contribution in [0.15, 0.2) is 12.4 Å². The van der Waals surface area contributed by atoms with Gasteiger partial charge in [0.05, 0.1) is 12.7 Å². The topological polar surface area (TPSA) is 46.9 Å². The summed E-state index contributed by atoms with van der Waals surface area (Å²) >= 11 is 5.29. The molecule has 0 aliphatic carbocycles. The number of nitrogens with one attached hydrogen (secondary N) is 1. The maximum absolute atomic E-state index is 11.9. The van der Waals surface area contributed by atoms with Gasteiger partial charge < -0.3 is 5.32 Å². The second kappa shape index (κ2) is 5.59. The van der Waals surface area contributed by atoms with Crippen LogP contribution in [-0.4, -0.2) is 28.2 Å². The lowest BCUT2D eigenvalue weighted by Crippen LogP contribution is -2.23. The summed E-state index contributed by atoms with van der Waals surface area (Å²) in [4.78, 5) is 10.8. The van der Waals surface area contributed by atoms with E-state index in [1.165, 1.54) is 4.68 Å². The normalized spacial score (nSPS) is 10.1. The minimum absolute atomic E-state index is 0.0569. The Morgan fingerprint density at radius 2 is 2.50 bits per heavy atom. The fraction of sp³-hybridized carbons (Fsp3) is 0.500. The van der Waals surface area contributed by atoms with Gasteiger partial charge >= 0.3 is 0 Å². The number of alkyl halides is 2. The van der Waals surface area contributed by atoms with Crippen molar-refractivity contribution in [3.05, 3.63) is 18.0 Å². The minimum Gasteiger partial charge on any atom is -0.351 e. The van der Waals surface area contributed by atoms with Crippen molar-refractivity contribution in [2.45, 2.75) is 13.1 Å². The van der Waals surface area contributed by atoms with E-state index in [0.29, 0.717) is 6.54 Å². The highest BCUT2D eigenvalue weighted by Gasteiger charge is 2.01. The first-order valence-corrected chi connectivity index (χ1v) is 4.69. The van der Waals surface area contributed by atoms with Crippen LogP contribution < -0.4 is 5.32 Å². The van der Waals surface area contributed by atoms with Crippen LogP contribution in [0, 0.1) is 0 Å². The number of aromatic nitrogens is 2. The molecule has 1 aromatic rings. The summed E-state index contributed by atoms with van der Waals surface area (Å²) in [5, 5.41) is 6.49. The Labute approximate surface area is 86.0 Å². The molecule has 0 unspecified atom stereocenters. The molecule has 0 saturated carbocycles. The second-order valence-corrected chi connectivity index (χ2v) is 2.98. The van der Waals surface area contributed by atoms with E-state index in [0.717, 1.165) is 5.56 Å². The third kappa shape index (κ3) is 3.33. The Hall–Kier alpha value is -1.10. The Kier molecular flexibility index (Phi) is 4.39. The van der Waals surface area contributed by atoms with Gasteiger partial charge in [0.1, 0.15) is 12.6 Å². The van der Waals surface area contributed by atoms with E-state index in [1.807, 2.05) is 0 Å². The maximum Gasteiger partial charge on any atom is 0.235 e. The molecule has 1 aromatic heterocycles. The van der Waals surface area contributed by atoms with Crippen LogP contribution in [0.4, 0.5) is 4.39 Å². The van der Waals surface area contributed by atoms with Gasteiger partial charge in [0.15, 0.2) is 0 Å². The van der Waals surface area contributed by atoms with Gasteiger partial charge in [-0.3, -0.25) is 9.48 Å². The number of rotatable bonds is 5. The maximum atomic E-state index is 11.9. The van der Waals surface area contributed by atoms with Gasteiger partial charge in [-0.15, -0.1) is 11.6 Å². The van der Waals surface area contributed by atoms with Crippen molar-refractivity contribution in [3.63, 3.8) is 0 Å². The lowest BCUT2D eigenvalue weighted by atomic mass is 10.3. The highest BCUT2D eigenvalue weighted by Crippen LogP contribution is 1.97. The van der Waals surface area contributed by atoms with E-state index >= 15 is 0 Å². The first kappa shape index (κ1) is 11.0. The Morgan fingerprint density at radius 3 is 3.14 bits per heavy atom. The van der Waals surface area contributed by atoms with Gasteiger partial charge in [-0.2, -0.15) is 5.10 Å². The fourth-order valence-electron chi connectivity index (χ4n) is 0.954. The number of carbonyl (C=O) groups is 1. The molecule has 1 amide bonds. The number of amides is 1. The fourth-order valence-corrected chi connectivity index (χ4v) is 1.05. The number of hydrogen-bond acceptors (Lipinski definition) is 2. The zero-order chi connectivity index (χ0) is 10.4. The highest BCUT2D eigenvalue weighted by atomic mass is 35.5. The Morgan fingerprint density at radius 1 is 1.71 bits per heavy atom. The second-order valence-electron chi connectivity index (χ2n) is 2.71. The van der Waals surface area contributed by atoms with Gasteiger partial charge in [-0.25, -0.2) is 4.39 Å². The van der Waals surface area contributed by atoms with Crippen LogP contribution in [0.1, 0.15) is 5.56 Å². The van der Waals surface area contributed by atoms with Crippen molar-refractivity contribution in [1.29, 1.82) is 0 Å². The predicted molar refractivity (Wildman–Crippen MR) is 50.8 cm³/mol. The van der Waals surface area contributed by atoms with Crippen LogP contribution in [0.2, 0.25) is 0 Å². The van der Waals surface area contributed by atoms with E-state index in [1.54, 1.807) is 12.4 Å². The summed E-state index contributed by atoms with van der Waals surface area (Å²) in [6, 6.07) is 0. The Balaban J connectivity index is 2.39. The molecule has 1 rings (SSSR count). The minimum atomic E-state index is -0.449. The van der Waals surface area contributed by atoms with Gasteiger partial charge in [0.2, 0.25) is 5.91 Å². The summed E-state index contributed by atoms with van der Waals surface area (Å²) in [7, 11) is 0. The quantitative estimate of drug-likeness (QED) is 0.742. The molecule has 0 fully saturated rings. The lowest BCUT2D eigenvalue weighted by Gasteiger charge is -1.98. The molecule has 4 nitrogen and oxygen atoms in total. The van der Waals surface area contributed by atoms with Gasteiger partial charge in [0.25, 0.3) is 0 Å². The van der Waals surface area contributed by atoms with E-state index in [9.17, 15) is 9.18 Å². The van der Waals surface area contributed by atoms with Crippen molar-refractivity contribution >= 4 is 17.5 Å². The van der Waals surface area contributed by atoms with E-state index in [2.05, 4.69) is 10.4 Å². The zero-order valence-corrected chi connectivity index (χ0v) is 8.30. The summed E-state index contributed by atoms with van der Waals surface area (Å²) < 4.78 is 13.4. The predicted octanol–water partition coefficient (Wildman–Crippen LogP) is 0.708. The van der Waals surface area contributed by atoms with Crippen LogP contribution in [0.3, 0.4) is 0 Å². The molecule has 0 spiro atoms. The van der Waals surface area contributed by atoms with Crippen LogP contribution >= 0.6 is 11.6 Å². The smallest absolute Gasteiger partial charge is 0.235 e. The molecule has 1 heterocycles. The monoisotopic (exact) mass is 219 g/mol. The molecule has 0 atom stereocenters. The largest absolute Gasteiger partial charge is 0.351 e. The van der Waals surface area contributed by atoms with E-state index in [-0.39, 0.29) is 18.3 Å². The van der Waals surface area contributed by atoms with Gasteiger partial charge in [0, 0.05) is 18.3 Å². The van der Waals surface area contributed by atoms with Crippen molar-refractivity contribution in [3.8, 4) is 0 Å². The van der Waals surface area contributed by atoms with E-state index < -0.39 is 6.67 Å². The SMILES string of the molecule is O=C(CCl)NCc1cnn(CCF)c1. The average molecular weight is 220 g/mol. The number of halogens is 2. The molecular weight excluding hydrogens is 209 g/mol. The molecule has 1 N–H and O–H groups in total. The standard InChI is InChI=1S/C8H11ClFN3O/c9-3-8(14)11-4-7-5-12-13(6-7)2-1-10/h5-6H,1-4H2,(H,11,14). The zero-order valence-electron chi connectivity index (χ0n) is 7.54. The van der Waals surface area contributed by atoms with Gasteiger partial charge in [-0.05, 0) is 0 Å². The third-order valence-corrected chi connectivity index (χ3v) is 1.85. The number of aryl methyl sites for hydroxylation is 1. The number of hydrogen-bond donors (Lipinski definition) is 1. The summed E-state index contributed by atoms with van der Waals surface area (Å²) in [6.07, 6.45) is 3.28. The molecule has 78 valence electrons.